The van der Waals surface area contributed by atoms with Crippen LogP contribution in [0, 0.1) is 0 Å². The summed E-state index contributed by atoms with van der Waals surface area (Å²) in [5.74, 6) is -1.13. The topological polar surface area (TPSA) is 89.9 Å². The highest BCUT2D eigenvalue weighted by molar-refractivity contribution is 5.87. The van der Waals surface area contributed by atoms with Crippen molar-refractivity contribution < 1.29 is 19.8 Å². The number of hydrogen-bond donors (Lipinski definition) is 3. The highest BCUT2D eigenvalue weighted by atomic mass is 16.4. The lowest BCUT2D eigenvalue weighted by Gasteiger charge is -2.29. The van der Waals surface area contributed by atoms with Crippen LogP contribution in [0.5, 0.6) is 0 Å². The number of aliphatic carboxylic acids is 1. The number of carbonyl (C=O) groups is 2. The Balaban J connectivity index is 2.18. The van der Waals surface area contributed by atoms with Crippen molar-refractivity contribution in [2.75, 3.05) is 13.1 Å². The van der Waals surface area contributed by atoms with Gasteiger partial charge in [0.25, 0.3) is 0 Å². The predicted molar refractivity (Wildman–Crippen MR) is 76.8 cm³/mol. The van der Waals surface area contributed by atoms with Crippen molar-refractivity contribution in [3.8, 4) is 0 Å². The fraction of sp³-hybridized carbons (Fsp3) is 0.467. The second-order valence-electron chi connectivity index (χ2n) is 5.89. The number of hydrogen-bond acceptors (Lipinski definition) is 3. The van der Waals surface area contributed by atoms with Gasteiger partial charge in [0.1, 0.15) is 0 Å². The molecule has 1 saturated heterocycles. The molecule has 2 amide bonds. The fourth-order valence-corrected chi connectivity index (χ4v) is 2.43. The number of nitrogens with one attached hydrogen (secondary N) is 1. The van der Waals surface area contributed by atoms with Crippen molar-refractivity contribution in [2.24, 2.45) is 0 Å². The van der Waals surface area contributed by atoms with E-state index in [0.29, 0.717) is 18.5 Å². The number of carboxylic acid groups (broad SMARTS) is 1. The number of urea groups is 1. The molecule has 1 aliphatic rings. The zero-order valence-electron chi connectivity index (χ0n) is 12.2. The van der Waals surface area contributed by atoms with Gasteiger partial charge in [0, 0.05) is 6.54 Å². The van der Waals surface area contributed by atoms with Gasteiger partial charge in [0.05, 0.1) is 12.1 Å². The third kappa shape index (κ3) is 3.16. The number of β-amino-alcohol motifs (C(OH)–C–C–N with tert-alkyl or cyclic N) is 1. The van der Waals surface area contributed by atoms with E-state index in [9.17, 15) is 19.8 Å². The molecule has 2 rings (SSSR count). The third-order valence-corrected chi connectivity index (χ3v) is 3.87. The number of carbonyl (C=O) groups excluding carboxylic acids is 1. The number of likely N-dealkylation sites (tertiary alicyclic amines) is 1. The average molecular weight is 292 g/mol. The zero-order valence-corrected chi connectivity index (χ0v) is 12.2. The molecule has 6 heteroatoms. The standard InChI is InChI=1S/C15H20N2O4/c1-14(21)8-9-17(10-14)13(20)16-15(2,12(18)19)11-6-4-3-5-7-11/h3-7,21H,8-10H2,1-2H3,(H,16,20)(H,18,19). The van der Waals surface area contributed by atoms with Crippen LogP contribution in [-0.2, 0) is 10.3 Å². The number of benzene rings is 1. The van der Waals surface area contributed by atoms with Gasteiger partial charge in [0.2, 0.25) is 0 Å². The van der Waals surface area contributed by atoms with E-state index in [1.54, 1.807) is 37.3 Å². The van der Waals surface area contributed by atoms with Crippen molar-refractivity contribution in [3.05, 3.63) is 35.9 Å². The maximum Gasteiger partial charge on any atom is 0.333 e. The Morgan fingerprint density at radius 1 is 1.33 bits per heavy atom. The molecule has 3 N–H and O–H groups in total. The molecule has 0 radical (unpaired) electrons. The van der Waals surface area contributed by atoms with Crippen LogP contribution in [0.15, 0.2) is 30.3 Å². The van der Waals surface area contributed by atoms with Gasteiger partial charge in [0.15, 0.2) is 5.54 Å². The van der Waals surface area contributed by atoms with Crippen molar-refractivity contribution in [3.63, 3.8) is 0 Å². The SMILES string of the molecule is CC1(O)CCN(C(=O)NC(C)(C(=O)O)c2ccccc2)C1. The number of rotatable bonds is 3. The van der Waals surface area contributed by atoms with Crippen LogP contribution in [0.3, 0.4) is 0 Å². The van der Waals surface area contributed by atoms with Crippen molar-refractivity contribution in [1.29, 1.82) is 0 Å². The highest BCUT2D eigenvalue weighted by Crippen LogP contribution is 2.24. The van der Waals surface area contributed by atoms with Crippen LogP contribution in [0.1, 0.15) is 25.8 Å². The van der Waals surface area contributed by atoms with Gasteiger partial charge < -0.3 is 20.4 Å². The molecule has 0 aliphatic carbocycles. The summed E-state index contributed by atoms with van der Waals surface area (Å²) < 4.78 is 0. The van der Waals surface area contributed by atoms with Crippen LogP contribution < -0.4 is 5.32 Å². The molecule has 0 spiro atoms. The molecule has 1 heterocycles. The largest absolute Gasteiger partial charge is 0.479 e. The molecule has 1 fully saturated rings. The lowest BCUT2D eigenvalue weighted by atomic mass is 9.92. The van der Waals surface area contributed by atoms with E-state index in [4.69, 9.17) is 0 Å². The first kappa shape index (κ1) is 15.3. The number of nitrogens with zero attached hydrogens (tertiary/aromatic N) is 1. The van der Waals surface area contributed by atoms with Gasteiger partial charge in [-0.15, -0.1) is 0 Å². The summed E-state index contributed by atoms with van der Waals surface area (Å²) in [7, 11) is 0. The second-order valence-corrected chi connectivity index (χ2v) is 5.89. The van der Waals surface area contributed by atoms with Crippen LogP contribution >= 0.6 is 0 Å². The molecular weight excluding hydrogens is 272 g/mol. The minimum atomic E-state index is -1.51. The summed E-state index contributed by atoms with van der Waals surface area (Å²) in [4.78, 5) is 25.3. The normalized spacial score (nSPS) is 24.4. The fourth-order valence-electron chi connectivity index (χ4n) is 2.43. The van der Waals surface area contributed by atoms with Crippen LogP contribution in [0.25, 0.3) is 0 Å². The minimum absolute atomic E-state index is 0.198. The lowest BCUT2D eigenvalue weighted by Crippen LogP contribution is -2.54. The highest BCUT2D eigenvalue weighted by Gasteiger charge is 2.40. The summed E-state index contributed by atoms with van der Waals surface area (Å²) in [5, 5.41) is 22.0. The monoisotopic (exact) mass is 292 g/mol. The molecule has 21 heavy (non-hydrogen) atoms. The van der Waals surface area contributed by atoms with E-state index < -0.39 is 23.1 Å². The molecule has 1 aliphatic heterocycles. The maximum atomic E-state index is 12.3. The molecule has 1 aromatic rings. The van der Waals surface area contributed by atoms with Gasteiger partial charge >= 0.3 is 12.0 Å². The van der Waals surface area contributed by atoms with Crippen molar-refractivity contribution in [2.45, 2.75) is 31.4 Å². The molecule has 2 atom stereocenters. The van der Waals surface area contributed by atoms with Crippen LogP contribution in [0.4, 0.5) is 4.79 Å². The molecular formula is C15H20N2O4. The van der Waals surface area contributed by atoms with Gasteiger partial charge in [-0.05, 0) is 25.8 Å². The minimum Gasteiger partial charge on any atom is -0.479 e. The lowest BCUT2D eigenvalue weighted by molar-refractivity contribution is -0.144. The Bertz CT molecular complexity index is 544. The van der Waals surface area contributed by atoms with Gasteiger partial charge in [-0.1, -0.05) is 30.3 Å². The molecule has 0 aromatic heterocycles. The van der Waals surface area contributed by atoms with E-state index in [-0.39, 0.29) is 6.54 Å². The van der Waals surface area contributed by atoms with Crippen molar-refractivity contribution in [1.82, 2.24) is 10.2 Å². The Morgan fingerprint density at radius 2 is 1.95 bits per heavy atom. The van der Waals surface area contributed by atoms with E-state index in [2.05, 4.69) is 5.32 Å². The van der Waals surface area contributed by atoms with Crippen molar-refractivity contribution >= 4 is 12.0 Å². The van der Waals surface area contributed by atoms with E-state index in [1.165, 1.54) is 11.8 Å². The van der Waals surface area contributed by atoms with E-state index >= 15 is 0 Å². The second kappa shape index (κ2) is 5.37. The zero-order chi connectivity index (χ0) is 15.7. The molecule has 114 valence electrons. The quantitative estimate of drug-likeness (QED) is 0.779. The summed E-state index contributed by atoms with van der Waals surface area (Å²) in [5.41, 5.74) is -1.92. The Morgan fingerprint density at radius 3 is 2.43 bits per heavy atom. The molecule has 1 aromatic carbocycles. The first-order valence-corrected chi connectivity index (χ1v) is 6.83. The maximum absolute atomic E-state index is 12.3. The number of carboxylic acids is 1. The summed E-state index contributed by atoms with van der Waals surface area (Å²) in [6.07, 6.45) is 0.482. The predicted octanol–water partition coefficient (Wildman–Crippen LogP) is 1.15. The number of aliphatic hydroxyl groups is 1. The molecule has 0 bridgehead atoms. The Labute approximate surface area is 123 Å². The first-order valence-electron chi connectivity index (χ1n) is 6.83. The molecule has 2 unspecified atom stereocenters. The van der Waals surface area contributed by atoms with Crippen LogP contribution in [0.2, 0.25) is 0 Å². The smallest absolute Gasteiger partial charge is 0.333 e. The summed E-state index contributed by atoms with van der Waals surface area (Å²) >= 11 is 0. The summed E-state index contributed by atoms with van der Waals surface area (Å²) in [6.45, 7) is 3.72. The van der Waals surface area contributed by atoms with E-state index in [1.807, 2.05) is 0 Å². The average Bonchev–Trinajstić information content (AvgIpc) is 2.80. The van der Waals surface area contributed by atoms with Crippen LogP contribution in [-0.4, -0.2) is 45.8 Å². The van der Waals surface area contributed by atoms with Gasteiger partial charge in [-0.3, -0.25) is 0 Å². The summed E-state index contributed by atoms with van der Waals surface area (Å²) in [6, 6.07) is 8.07. The Hall–Kier alpha value is -2.08. The molecule has 0 saturated carbocycles. The Kier molecular flexibility index (Phi) is 3.91. The van der Waals surface area contributed by atoms with Gasteiger partial charge in [-0.25, -0.2) is 9.59 Å². The molecule has 6 nitrogen and oxygen atoms in total. The van der Waals surface area contributed by atoms with E-state index in [0.717, 1.165) is 0 Å². The first-order chi connectivity index (χ1) is 9.74. The van der Waals surface area contributed by atoms with Gasteiger partial charge in [-0.2, -0.15) is 0 Å². The third-order valence-electron chi connectivity index (χ3n) is 3.87. The number of amides is 2.